The fourth-order valence-corrected chi connectivity index (χ4v) is 2.07. The zero-order valence-corrected chi connectivity index (χ0v) is 10.6. The first kappa shape index (κ1) is 11.4. The molecule has 0 aromatic carbocycles. The summed E-state index contributed by atoms with van der Waals surface area (Å²) in [6.45, 7) is 7.25. The second-order valence-corrected chi connectivity index (χ2v) is 5.62. The molecular weight excluding hydrogens is 220 g/mol. The third-order valence-corrected chi connectivity index (χ3v) is 3.06. The molecule has 0 unspecified atom stereocenters. The fraction of sp³-hybridized carbons (Fsp3) is 0.417. The van der Waals surface area contributed by atoms with Crippen LogP contribution in [0.1, 0.15) is 26.5 Å². The lowest BCUT2D eigenvalue weighted by atomic mass is 10.1. The van der Waals surface area contributed by atoms with E-state index in [1.807, 2.05) is 6.07 Å². The summed E-state index contributed by atoms with van der Waals surface area (Å²) in [5, 5.41) is 6.52. The van der Waals surface area contributed by atoms with Crippen molar-refractivity contribution in [2.75, 3.05) is 0 Å². The molecule has 16 heavy (non-hydrogen) atoms. The van der Waals surface area contributed by atoms with Gasteiger partial charge in [0, 0.05) is 23.0 Å². The van der Waals surface area contributed by atoms with Gasteiger partial charge in [0.15, 0.2) is 0 Å². The van der Waals surface area contributed by atoms with E-state index in [4.69, 9.17) is 4.42 Å². The fourth-order valence-electron chi connectivity index (χ4n) is 1.26. The summed E-state index contributed by atoms with van der Waals surface area (Å²) < 4.78 is 5.04. The Morgan fingerprint density at radius 3 is 2.88 bits per heavy atom. The smallest absolute Gasteiger partial charge is 0.126 e. The molecule has 2 rings (SSSR count). The Morgan fingerprint density at radius 1 is 1.44 bits per heavy atom. The highest BCUT2D eigenvalue weighted by Crippen LogP contribution is 2.23. The first-order chi connectivity index (χ1) is 7.54. The van der Waals surface area contributed by atoms with Gasteiger partial charge < -0.3 is 9.73 Å². The maximum absolute atomic E-state index is 5.04. The Balaban J connectivity index is 2.03. The van der Waals surface area contributed by atoms with E-state index >= 15 is 0 Å². The molecule has 0 aliphatic carbocycles. The third-order valence-electron chi connectivity index (χ3n) is 2.12. The van der Waals surface area contributed by atoms with Crippen LogP contribution >= 0.6 is 11.3 Å². The van der Waals surface area contributed by atoms with Crippen LogP contribution in [0.5, 0.6) is 0 Å². The molecule has 0 aliphatic rings. The number of furan rings is 1. The van der Waals surface area contributed by atoms with Crippen molar-refractivity contribution >= 4 is 11.3 Å². The summed E-state index contributed by atoms with van der Waals surface area (Å²) in [6.07, 6.45) is 3.39. The second-order valence-electron chi connectivity index (χ2n) is 4.76. The first-order valence-corrected chi connectivity index (χ1v) is 6.14. The molecule has 1 N–H and O–H groups in total. The van der Waals surface area contributed by atoms with Crippen LogP contribution in [-0.2, 0) is 6.54 Å². The van der Waals surface area contributed by atoms with Crippen LogP contribution in [0.3, 0.4) is 0 Å². The predicted octanol–water partition coefficient (Wildman–Crippen LogP) is 3.29. The van der Waals surface area contributed by atoms with E-state index in [1.54, 1.807) is 23.9 Å². The molecule has 0 bridgehead atoms. The van der Waals surface area contributed by atoms with Gasteiger partial charge in [-0.1, -0.05) is 0 Å². The Bertz CT molecular complexity index is 440. The molecular formula is C12H16N2OS. The molecule has 0 radical (unpaired) electrons. The summed E-state index contributed by atoms with van der Waals surface area (Å²) in [5.41, 5.74) is 2.25. The van der Waals surface area contributed by atoms with E-state index < -0.39 is 0 Å². The largest absolute Gasteiger partial charge is 0.472 e. The SMILES string of the molecule is CC(C)(C)NCc1csc(-c2ccoc2)n1. The van der Waals surface area contributed by atoms with Crippen molar-refractivity contribution in [2.24, 2.45) is 0 Å². The molecule has 2 heterocycles. The molecule has 3 nitrogen and oxygen atoms in total. The number of rotatable bonds is 3. The topological polar surface area (TPSA) is 38.1 Å². The van der Waals surface area contributed by atoms with E-state index in [0.29, 0.717) is 0 Å². The van der Waals surface area contributed by atoms with E-state index in [-0.39, 0.29) is 5.54 Å². The lowest BCUT2D eigenvalue weighted by Gasteiger charge is -2.19. The summed E-state index contributed by atoms with van der Waals surface area (Å²) in [5.74, 6) is 0. The van der Waals surface area contributed by atoms with E-state index in [2.05, 4.69) is 36.5 Å². The van der Waals surface area contributed by atoms with Gasteiger partial charge in [-0.25, -0.2) is 4.98 Å². The number of nitrogens with one attached hydrogen (secondary N) is 1. The van der Waals surface area contributed by atoms with Gasteiger partial charge in [0.05, 0.1) is 12.0 Å². The molecule has 0 amide bonds. The molecule has 4 heteroatoms. The monoisotopic (exact) mass is 236 g/mol. The summed E-state index contributed by atoms with van der Waals surface area (Å²) in [6, 6.07) is 1.93. The van der Waals surface area contributed by atoms with Gasteiger partial charge in [-0.2, -0.15) is 0 Å². The van der Waals surface area contributed by atoms with Crippen molar-refractivity contribution in [1.82, 2.24) is 10.3 Å². The highest BCUT2D eigenvalue weighted by molar-refractivity contribution is 7.13. The molecule has 2 aromatic heterocycles. The highest BCUT2D eigenvalue weighted by Gasteiger charge is 2.10. The molecule has 0 atom stereocenters. The van der Waals surface area contributed by atoms with Crippen LogP contribution in [0.25, 0.3) is 10.6 Å². The normalized spacial score (nSPS) is 11.9. The van der Waals surface area contributed by atoms with Crippen molar-refractivity contribution in [3.05, 3.63) is 29.7 Å². The van der Waals surface area contributed by atoms with Gasteiger partial charge >= 0.3 is 0 Å². The van der Waals surface area contributed by atoms with E-state index in [0.717, 1.165) is 22.8 Å². The molecule has 0 saturated heterocycles. The number of hydrogen-bond donors (Lipinski definition) is 1. The van der Waals surface area contributed by atoms with Crippen molar-refractivity contribution < 1.29 is 4.42 Å². The van der Waals surface area contributed by atoms with Gasteiger partial charge in [0.25, 0.3) is 0 Å². The van der Waals surface area contributed by atoms with Gasteiger partial charge in [-0.15, -0.1) is 11.3 Å². The van der Waals surface area contributed by atoms with Gasteiger partial charge in [-0.3, -0.25) is 0 Å². The summed E-state index contributed by atoms with van der Waals surface area (Å²) in [4.78, 5) is 4.55. The predicted molar refractivity (Wildman–Crippen MR) is 66.4 cm³/mol. The van der Waals surface area contributed by atoms with Crippen LogP contribution in [0, 0.1) is 0 Å². The Kier molecular flexibility index (Phi) is 3.12. The Labute approximate surface area is 99.5 Å². The summed E-state index contributed by atoms with van der Waals surface area (Å²) in [7, 11) is 0. The molecule has 0 fully saturated rings. The maximum Gasteiger partial charge on any atom is 0.126 e. The van der Waals surface area contributed by atoms with Crippen LogP contribution in [0.2, 0.25) is 0 Å². The number of aromatic nitrogens is 1. The number of nitrogens with zero attached hydrogens (tertiary/aromatic N) is 1. The molecule has 0 saturated carbocycles. The highest BCUT2D eigenvalue weighted by atomic mass is 32.1. The quantitative estimate of drug-likeness (QED) is 0.888. The molecule has 2 aromatic rings. The zero-order valence-electron chi connectivity index (χ0n) is 9.78. The van der Waals surface area contributed by atoms with Crippen molar-refractivity contribution in [3.63, 3.8) is 0 Å². The Hall–Kier alpha value is -1.13. The minimum absolute atomic E-state index is 0.124. The average Bonchev–Trinajstić information content (AvgIpc) is 2.84. The van der Waals surface area contributed by atoms with E-state index in [1.165, 1.54) is 0 Å². The lowest BCUT2D eigenvalue weighted by Crippen LogP contribution is -2.35. The Morgan fingerprint density at radius 2 is 2.25 bits per heavy atom. The minimum Gasteiger partial charge on any atom is -0.472 e. The number of hydrogen-bond acceptors (Lipinski definition) is 4. The average molecular weight is 236 g/mol. The second kappa shape index (κ2) is 4.39. The summed E-state index contributed by atoms with van der Waals surface area (Å²) >= 11 is 1.65. The molecule has 86 valence electrons. The van der Waals surface area contributed by atoms with Crippen LogP contribution < -0.4 is 5.32 Å². The van der Waals surface area contributed by atoms with Crippen molar-refractivity contribution in [2.45, 2.75) is 32.9 Å². The standard InChI is InChI=1S/C12H16N2OS/c1-12(2,3)13-6-10-8-16-11(14-10)9-4-5-15-7-9/h4-5,7-8,13H,6H2,1-3H3. The van der Waals surface area contributed by atoms with Gasteiger partial charge in [-0.05, 0) is 26.8 Å². The third kappa shape index (κ3) is 2.93. The number of thiazole rings is 1. The minimum atomic E-state index is 0.124. The first-order valence-electron chi connectivity index (χ1n) is 5.26. The molecule has 0 spiro atoms. The zero-order chi connectivity index (χ0) is 11.6. The lowest BCUT2D eigenvalue weighted by molar-refractivity contribution is 0.422. The van der Waals surface area contributed by atoms with Crippen LogP contribution in [0.4, 0.5) is 0 Å². The van der Waals surface area contributed by atoms with Gasteiger partial charge in [0.1, 0.15) is 11.3 Å². The molecule has 0 aliphatic heterocycles. The van der Waals surface area contributed by atoms with Gasteiger partial charge in [0.2, 0.25) is 0 Å². The van der Waals surface area contributed by atoms with Crippen LogP contribution in [0.15, 0.2) is 28.4 Å². The van der Waals surface area contributed by atoms with Crippen LogP contribution in [-0.4, -0.2) is 10.5 Å². The van der Waals surface area contributed by atoms with Crippen molar-refractivity contribution in [1.29, 1.82) is 0 Å². The van der Waals surface area contributed by atoms with E-state index in [9.17, 15) is 0 Å². The van der Waals surface area contributed by atoms with Crippen molar-refractivity contribution in [3.8, 4) is 10.6 Å². The maximum atomic E-state index is 5.04.